The average Bonchev–Trinajstić information content (AvgIpc) is 2.89. The second kappa shape index (κ2) is 6.58. The number of aliphatic hydroxyl groups excluding tert-OH is 1. The van der Waals surface area contributed by atoms with Crippen LogP contribution in [0.4, 0.5) is 0 Å². The normalized spacial score (nSPS) is 12.5. The molecular weight excluding hydrogens is 228 g/mol. The average molecular weight is 246 g/mol. The highest BCUT2D eigenvalue weighted by Gasteiger charge is 2.09. The minimum Gasteiger partial charge on any atom is -0.396 e. The molecule has 0 bridgehead atoms. The molecule has 0 aliphatic rings. The Morgan fingerprint density at radius 3 is 2.53 bits per heavy atom. The lowest BCUT2D eigenvalue weighted by Gasteiger charge is -2.13. The van der Waals surface area contributed by atoms with Crippen LogP contribution in [0.1, 0.15) is 16.9 Å². The molecule has 1 atom stereocenters. The summed E-state index contributed by atoms with van der Waals surface area (Å²) in [6, 6.07) is 14.7. The number of aliphatic hydroxyl groups is 1. The minimum atomic E-state index is 0.278. The van der Waals surface area contributed by atoms with E-state index in [1.807, 2.05) is 6.07 Å². The van der Waals surface area contributed by atoms with Crippen LogP contribution in [-0.4, -0.2) is 11.7 Å². The van der Waals surface area contributed by atoms with Gasteiger partial charge in [0.1, 0.15) is 0 Å². The molecule has 0 saturated heterocycles. The summed E-state index contributed by atoms with van der Waals surface area (Å²) < 4.78 is 0. The van der Waals surface area contributed by atoms with E-state index in [2.05, 4.69) is 41.8 Å². The quantitative estimate of drug-likeness (QED) is 0.826. The molecule has 2 aromatic rings. The Balaban J connectivity index is 1.85. The highest BCUT2D eigenvalue weighted by atomic mass is 32.1. The summed E-state index contributed by atoms with van der Waals surface area (Å²) in [7, 11) is 0. The molecule has 0 radical (unpaired) electrons. The van der Waals surface area contributed by atoms with Gasteiger partial charge in [-0.05, 0) is 42.2 Å². The topological polar surface area (TPSA) is 20.2 Å². The van der Waals surface area contributed by atoms with Crippen molar-refractivity contribution >= 4 is 11.3 Å². The monoisotopic (exact) mass is 246 g/mol. The molecule has 17 heavy (non-hydrogen) atoms. The third-order valence-corrected chi connectivity index (χ3v) is 3.94. The van der Waals surface area contributed by atoms with E-state index in [-0.39, 0.29) is 6.61 Å². The van der Waals surface area contributed by atoms with Crippen LogP contribution in [0, 0.1) is 5.92 Å². The van der Waals surface area contributed by atoms with Crippen molar-refractivity contribution in [3.63, 3.8) is 0 Å². The fourth-order valence-corrected chi connectivity index (χ4v) is 2.73. The maximum atomic E-state index is 9.42. The largest absolute Gasteiger partial charge is 0.396 e. The van der Waals surface area contributed by atoms with Crippen LogP contribution in [0.3, 0.4) is 0 Å². The number of aryl methyl sites for hydroxylation is 1. The minimum absolute atomic E-state index is 0.278. The molecule has 1 aromatic heterocycles. The molecule has 0 aliphatic carbocycles. The standard InChI is InChI=1S/C15H18OS/c16-12-14(8-9-15-7-4-10-17-15)11-13-5-2-1-3-6-13/h1-7,10,14,16H,8-9,11-12H2. The van der Waals surface area contributed by atoms with Crippen LogP contribution in [0.2, 0.25) is 0 Å². The summed E-state index contributed by atoms with van der Waals surface area (Å²) in [5.74, 6) is 0.375. The van der Waals surface area contributed by atoms with E-state index >= 15 is 0 Å². The Bertz CT molecular complexity index is 408. The lowest BCUT2D eigenvalue weighted by Crippen LogP contribution is -2.10. The van der Waals surface area contributed by atoms with Crippen molar-refractivity contribution < 1.29 is 5.11 Å². The van der Waals surface area contributed by atoms with Gasteiger partial charge in [0.15, 0.2) is 0 Å². The van der Waals surface area contributed by atoms with Crippen molar-refractivity contribution in [3.8, 4) is 0 Å². The molecule has 1 unspecified atom stereocenters. The second-order valence-electron chi connectivity index (χ2n) is 4.36. The van der Waals surface area contributed by atoms with Crippen molar-refractivity contribution in [2.24, 2.45) is 5.92 Å². The smallest absolute Gasteiger partial charge is 0.0462 e. The number of rotatable bonds is 6. The zero-order chi connectivity index (χ0) is 11.9. The first-order valence-corrected chi connectivity index (χ1v) is 6.93. The lowest BCUT2D eigenvalue weighted by atomic mass is 9.95. The fraction of sp³-hybridized carbons (Fsp3) is 0.333. The fourth-order valence-electron chi connectivity index (χ4n) is 2.01. The number of hydrogen-bond acceptors (Lipinski definition) is 2. The highest BCUT2D eigenvalue weighted by molar-refractivity contribution is 7.09. The molecule has 0 amide bonds. The van der Waals surface area contributed by atoms with Crippen LogP contribution in [-0.2, 0) is 12.8 Å². The number of thiophene rings is 1. The Kier molecular flexibility index (Phi) is 4.77. The summed E-state index contributed by atoms with van der Waals surface area (Å²) in [4.78, 5) is 1.41. The molecule has 1 aromatic carbocycles. The molecule has 1 heterocycles. The van der Waals surface area contributed by atoms with Crippen molar-refractivity contribution in [2.75, 3.05) is 6.61 Å². The first-order valence-electron chi connectivity index (χ1n) is 6.05. The van der Waals surface area contributed by atoms with E-state index < -0.39 is 0 Å². The van der Waals surface area contributed by atoms with Crippen molar-refractivity contribution in [2.45, 2.75) is 19.3 Å². The molecule has 2 rings (SSSR count). The summed E-state index contributed by atoms with van der Waals surface area (Å²) in [5, 5.41) is 11.5. The molecule has 0 fully saturated rings. The first-order chi connectivity index (χ1) is 8.38. The summed E-state index contributed by atoms with van der Waals surface area (Å²) in [6.07, 6.45) is 3.12. The Labute approximate surface area is 107 Å². The third-order valence-electron chi connectivity index (χ3n) is 3.00. The van der Waals surface area contributed by atoms with Gasteiger partial charge in [-0.2, -0.15) is 0 Å². The van der Waals surface area contributed by atoms with Gasteiger partial charge in [-0.15, -0.1) is 11.3 Å². The Hall–Kier alpha value is -1.12. The maximum absolute atomic E-state index is 9.42. The molecule has 0 saturated carbocycles. The van der Waals surface area contributed by atoms with Gasteiger partial charge >= 0.3 is 0 Å². The van der Waals surface area contributed by atoms with Crippen LogP contribution in [0.25, 0.3) is 0 Å². The van der Waals surface area contributed by atoms with Crippen molar-refractivity contribution in [1.82, 2.24) is 0 Å². The van der Waals surface area contributed by atoms with E-state index in [0.717, 1.165) is 19.3 Å². The lowest BCUT2D eigenvalue weighted by molar-refractivity contribution is 0.218. The van der Waals surface area contributed by atoms with Gasteiger partial charge in [-0.25, -0.2) is 0 Å². The summed E-state index contributed by atoms with van der Waals surface area (Å²) in [6.45, 7) is 0.278. The van der Waals surface area contributed by atoms with Gasteiger partial charge in [0, 0.05) is 11.5 Å². The first kappa shape index (κ1) is 12.3. The zero-order valence-corrected chi connectivity index (χ0v) is 10.7. The SMILES string of the molecule is OCC(CCc1cccs1)Cc1ccccc1. The molecular formula is C15H18OS. The van der Waals surface area contributed by atoms with E-state index in [1.165, 1.54) is 10.4 Å². The maximum Gasteiger partial charge on any atom is 0.0462 e. The predicted molar refractivity (Wildman–Crippen MR) is 73.4 cm³/mol. The van der Waals surface area contributed by atoms with E-state index in [0.29, 0.717) is 5.92 Å². The van der Waals surface area contributed by atoms with Crippen LogP contribution < -0.4 is 0 Å². The van der Waals surface area contributed by atoms with Crippen LogP contribution >= 0.6 is 11.3 Å². The molecule has 90 valence electrons. The van der Waals surface area contributed by atoms with Gasteiger partial charge in [0.25, 0.3) is 0 Å². The molecule has 0 spiro atoms. The third kappa shape index (κ3) is 3.99. The van der Waals surface area contributed by atoms with Crippen LogP contribution in [0.5, 0.6) is 0 Å². The Morgan fingerprint density at radius 1 is 1.06 bits per heavy atom. The number of benzene rings is 1. The van der Waals surface area contributed by atoms with Crippen LogP contribution in [0.15, 0.2) is 47.8 Å². The molecule has 2 heteroatoms. The number of hydrogen-bond donors (Lipinski definition) is 1. The van der Waals surface area contributed by atoms with E-state index in [4.69, 9.17) is 0 Å². The second-order valence-corrected chi connectivity index (χ2v) is 5.39. The van der Waals surface area contributed by atoms with E-state index in [1.54, 1.807) is 11.3 Å². The zero-order valence-electron chi connectivity index (χ0n) is 9.88. The van der Waals surface area contributed by atoms with Crippen molar-refractivity contribution in [3.05, 3.63) is 58.3 Å². The summed E-state index contributed by atoms with van der Waals surface area (Å²) in [5.41, 5.74) is 1.32. The van der Waals surface area contributed by atoms with Gasteiger partial charge in [-0.3, -0.25) is 0 Å². The molecule has 1 nitrogen and oxygen atoms in total. The van der Waals surface area contributed by atoms with Gasteiger partial charge < -0.3 is 5.11 Å². The molecule has 0 aliphatic heterocycles. The van der Waals surface area contributed by atoms with Gasteiger partial charge in [0.05, 0.1) is 0 Å². The predicted octanol–water partition coefficient (Wildman–Crippen LogP) is 3.53. The van der Waals surface area contributed by atoms with Gasteiger partial charge in [-0.1, -0.05) is 36.4 Å². The van der Waals surface area contributed by atoms with Gasteiger partial charge in [0.2, 0.25) is 0 Å². The summed E-state index contributed by atoms with van der Waals surface area (Å²) >= 11 is 1.80. The molecule has 1 N–H and O–H groups in total. The highest BCUT2D eigenvalue weighted by Crippen LogP contribution is 2.17. The Morgan fingerprint density at radius 2 is 1.88 bits per heavy atom. The van der Waals surface area contributed by atoms with E-state index in [9.17, 15) is 5.11 Å². The van der Waals surface area contributed by atoms with Crippen molar-refractivity contribution in [1.29, 1.82) is 0 Å².